The maximum atomic E-state index is 13.0. The highest BCUT2D eigenvalue weighted by Gasteiger charge is 2.18. The maximum absolute atomic E-state index is 13.0. The summed E-state index contributed by atoms with van der Waals surface area (Å²) in [5.41, 5.74) is 3.90. The average Bonchev–Trinajstić information content (AvgIpc) is 3.20. The van der Waals surface area contributed by atoms with Crippen LogP contribution in [0.5, 0.6) is 0 Å². The second-order valence-electron chi connectivity index (χ2n) is 7.42. The topological polar surface area (TPSA) is 79.2 Å². The van der Waals surface area contributed by atoms with Gasteiger partial charge in [-0.25, -0.2) is 4.98 Å². The number of anilines is 2. The summed E-state index contributed by atoms with van der Waals surface area (Å²) in [6.45, 7) is 1.65. The third-order valence-corrected chi connectivity index (χ3v) is 5.33. The molecule has 2 heterocycles. The van der Waals surface area contributed by atoms with Gasteiger partial charge in [-0.2, -0.15) is 0 Å². The Morgan fingerprint density at radius 2 is 1.91 bits per heavy atom. The molecule has 0 bridgehead atoms. The molecule has 162 valence electrons. The van der Waals surface area contributed by atoms with Gasteiger partial charge < -0.3 is 20.3 Å². The number of carbonyl (C=O) groups is 1. The molecule has 0 aliphatic rings. The molecule has 4 rings (SSSR count). The van der Waals surface area contributed by atoms with Gasteiger partial charge >= 0.3 is 0 Å². The van der Waals surface area contributed by atoms with Crippen molar-refractivity contribution in [2.24, 2.45) is 0 Å². The summed E-state index contributed by atoms with van der Waals surface area (Å²) in [7, 11) is 0. The zero-order valence-corrected chi connectivity index (χ0v) is 18.3. The summed E-state index contributed by atoms with van der Waals surface area (Å²) < 4.78 is 1.88. The number of aryl methyl sites for hydroxylation is 1. The predicted molar refractivity (Wildman–Crippen MR) is 127 cm³/mol. The number of halogens is 1. The van der Waals surface area contributed by atoms with Crippen molar-refractivity contribution in [2.75, 3.05) is 11.9 Å². The van der Waals surface area contributed by atoms with Crippen LogP contribution in [0, 0.1) is 6.92 Å². The van der Waals surface area contributed by atoms with E-state index in [0.29, 0.717) is 16.4 Å². The summed E-state index contributed by atoms with van der Waals surface area (Å²) >= 11 is 6.05. The summed E-state index contributed by atoms with van der Waals surface area (Å²) in [5, 5.41) is 16.5. The van der Waals surface area contributed by atoms with Crippen LogP contribution in [-0.4, -0.2) is 27.2 Å². The van der Waals surface area contributed by atoms with Gasteiger partial charge in [0, 0.05) is 35.4 Å². The molecule has 1 amide bonds. The van der Waals surface area contributed by atoms with Crippen molar-refractivity contribution < 1.29 is 9.90 Å². The van der Waals surface area contributed by atoms with Gasteiger partial charge in [0.1, 0.15) is 5.82 Å². The normalized spacial score (nSPS) is 11.7. The van der Waals surface area contributed by atoms with Gasteiger partial charge in [0.25, 0.3) is 5.91 Å². The maximum Gasteiger partial charge on any atom is 0.253 e. The lowest BCUT2D eigenvalue weighted by Gasteiger charge is -2.17. The number of pyridine rings is 1. The van der Waals surface area contributed by atoms with E-state index in [4.69, 9.17) is 11.6 Å². The first-order valence-corrected chi connectivity index (χ1v) is 10.6. The first-order chi connectivity index (χ1) is 15.5. The number of aliphatic hydroxyl groups is 1. The van der Waals surface area contributed by atoms with Crippen molar-refractivity contribution in [3.8, 4) is 5.69 Å². The highest BCUT2D eigenvalue weighted by atomic mass is 35.5. The number of aliphatic hydroxyl groups excluding tert-OH is 1. The number of hydrogen-bond acceptors (Lipinski definition) is 4. The molecule has 2 aromatic carbocycles. The molecule has 2 aromatic heterocycles. The molecule has 0 spiro atoms. The molecule has 1 unspecified atom stereocenters. The van der Waals surface area contributed by atoms with Crippen LogP contribution in [0.1, 0.15) is 27.5 Å². The number of nitrogens with zero attached hydrogens (tertiary/aromatic N) is 2. The Bertz CT molecular complexity index is 1220. The minimum atomic E-state index is -0.549. The van der Waals surface area contributed by atoms with E-state index in [0.717, 1.165) is 22.5 Å². The molecule has 0 radical (unpaired) electrons. The van der Waals surface area contributed by atoms with Crippen LogP contribution in [0.3, 0.4) is 0 Å². The van der Waals surface area contributed by atoms with E-state index in [1.807, 2.05) is 66.2 Å². The third kappa shape index (κ3) is 4.99. The van der Waals surface area contributed by atoms with Crippen molar-refractivity contribution in [1.82, 2.24) is 14.9 Å². The Morgan fingerprint density at radius 1 is 1.09 bits per heavy atom. The van der Waals surface area contributed by atoms with Crippen LogP contribution >= 0.6 is 11.6 Å². The third-order valence-electron chi connectivity index (χ3n) is 5.10. The summed E-state index contributed by atoms with van der Waals surface area (Å²) in [4.78, 5) is 17.3. The molecular weight excluding hydrogens is 424 g/mol. The summed E-state index contributed by atoms with van der Waals surface area (Å²) in [6, 6.07) is 20.1. The molecule has 7 heteroatoms. The molecule has 0 saturated carbocycles. The van der Waals surface area contributed by atoms with Crippen LogP contribution < -0.4 is 10.6 Å². The summed E-state index contributed by atoms with van der Waals surface area (Å²) in [5.74, 6) is 0.435. The molecule has 0 aliphatic heterocycles. The summed E-state index contributed by atoms with van der Waals surface area (Å²) in [6.07, 6.45) is 5.39. The van der Waals surface area contributed by atoms with Crippen LogP contribution in [0.2, 0.25) is 5.02 Å². The number of benzene rings is 2. The number of hydrogen-bond donors (Lipinski definition) is 3. The molecular formula is C25H23ClN4O2. The van der Waals surface area contributed by atoms with Gasteiger partial charge in [-0.15, -0.1) is 0 Å². The number of para-hydroxylation sites is 1. The van der Waals surface area contributed by atoms with E-state index in [2.05, 4.69) is 15.6 Å². The van der Waals surface area contributed by atoms with Crippen LogP contribution in [-0.2, 0) is 0 Å². The lowest BCUT2D eigenvalue weighted by Crippen LogP contribution is -2.31. The SMILES string of the molecule is Cc1cn(-c2ccnc(Nc3ccccc3)c2)cc1C(=O)NC(CO)c1cccc(Cl)c1. The lowest BCUT2D eigenvalue weighted by molar-refractivity contribution is 0.0915. The fourth-order valence-corrected chi connectivity index (χ4v) is 3.65. The molecule has 0 aliphatic carbocycles. The Morgan fingerprint density at radius 3 is 2.66 bits per heavy atom. The highest BCUT2D eigenvalue weighted by molar-refractivity contribution is 6.30. The van der Waals surface area contributed by atoms with Crippen LogP contribution in [0.15, 0.2) is 85.3 Å². The Hall–Kier alpha value is -3.61. The fourth-order valence-electron chi connectivity index (χ4n) is 3.45. The zero-order chi connectivity index (χ0) is 22.5. The van der Waals surface area contributed by atoms with Crippen molar-refractivity contribution in [2.45, 2.75) is 13.0 Å². The first-order valence-electron chi connectivity index (χ1n) is 10.2. The van der Waals surface area contributed by atoms with Crippen molar-refractivity contribution in [3.63, 3.8) is 0 Å². The molecule has 32 heavy (non-hydrogen) atoms. The van der Waals surface area contributed by atoms with Crippen LogP contribution in [0.4, 0.5) is 11.5 Å². The number of nitrogens with one attached hydrogen (secondary N) is 2. The lowest BCUT2D eigenvalue weighted by atomic mass is 10.1. The molecule has 4 aromatic rings. The van der Waals surface area contributed by atoms with E-state index >= 15 is 0 Å². The minimum Gasteiger partial charge on any atom is -0.394 e. The number of amides is 1. The van der Waals surface area contributed by atoms with E-state index in [1.54, 1.807) is 30.6 Å². The quantitative estimate of drug-likeness (QED) is 0.371. The predicted octanol–water partition coefficient (Wildman–Crippen LogP) is 5.04. The standard InChI is InChI=1S/C25H23ClN4O2/c1-17-14-30(21-10-11-27-24(13-21)28-20-8-3-2-4-9-20)15-22(17)25(32)29-23(16-31)18-6-5-7-19(26)12-18/h2-15,23,31H,16H2,1H3,(H,27,28)(H,29,32). The number of rotatable bonds is 7. The van der Waals surface area contributed by atoms with E-state index in [1.165, 1.54) is 0 Å². The monoisotopic (exact) mass is 446 g/mol. The van der Waals surface area contributed by atoms with Gasteiger partial charge in [-0.1, -0.05) is 41.9 Å². The second-order valence-corrected chi connectivity index (χ2v) is 7.85. The van der Waals surface area contributed by atoms with Gasteiger partial charge in [-0.05, 0) is 48.4 Å². The fraction of sp³-hybridized carbons (Fsp3) is 0.120. The smallest absolute Gasteiger partial charge is 0.253 e. The van der Waals surface area contributed by atoms with Crippen molar-refractivity contribution in [3.05, 3.63) is 107 Å². The second kappa shape index (κ2) is 9.68. The molecule has 0 fully saturated rings. The van der Waals surface area contributed by atoms with E-state index in [9.17, 15) is 9.90 Å². The highest BCUT2D eigenvalue weighted by Crippen LogP contribution is 2.22. The van der Waals surface area contributed by atoms with Crippen molar-refractivity contribution in [1.29, 1.82) is 0 Å². The van der Waals surface area contributed by atoms with Crippen molar-refractivity contribution >= 4 is 29.0 Å². The minimum absolute atomic E-state index is 0.231. The van der Waals surface area contributed by atoms with Gasteiger partial charge in [0.05, 0.1) is 23.9 Å². The van der Waals surface area contributed by atoms with E-state index < -0.39 is 6.04 Å². The molecule has 6 nitrogen and oxygen atoms in total. The van der Waals surface area contributed by atoms with Gasteiger partial charge in [0.2, 0.25) is 0 Å². The van der Waals surface area contributed by atoms with Gasteiger partial charge in [0.15, 0.2) is 0 Å². The molecule has 1 atom stereocenters. The zero-order valence-electron chi connectivity index (χ0n) is 17.5. The number of aromatic nitrogens is 2. The largest absolute Gasteiger partial charge is 0.394 e. The first kappa shape index (κ1) is 21.6. The molecule has 0 saturated heterocycles. The van der Waals surface area contributed by atoms with Crippen LogP contribution in [0.25, 0.3) is 5.69 Å². The van der Waals surface area contributed by atoms with E-state index in [-0.39, 0.29) is 12.5 Å². The number of carbonyl (C=O) groups excluding carboxylic acids is 1. The Kier molecular flexibility index (Phi) is 6.54. The van der Waals surface area contributed by atoms with Gasteiger partial charge in [-0.3, -0.25) is 4.79 Å². The average molecular weight is 447 g/mol. The Labute approximate surface area is 191 Å². The Balaban J connectivity index is 1.53. The molecule has 3 N–H and O–H groups in total.